The Morgan fingerprint density at radius 1 is 1.15 bits per heavy atom. The number of halogens is 2. The molecule has 0 spiro atoms. The number of hydrogen-bond acceptors (Lipinski definition) is 7. The molecule has 2 atom stereocenters. The summed E-state index contributed by atoms with van der Waals surface area (Å²) >= 11 is 0. The summed E-state index contributed by atoms with van der Waals surface area (Å²) in [6.45, 7) is -0.506. The molecule has 0 saturated heterocycles. The van der Waals surface area contributed by atoms with Gasteiger partial charge in [0.15, 0.2) is 5.82 Å². The Kier molecular flexibility index (Phi) is 5.61. The van der Waals surface area contributed by atoms with E-state index in [1.165, 1.54) is 23.1 Å². The molecule has 1 amide bonds. The molecule has 0 saturated carbocycles. The van der Waals surface area contributed by atoms with E-state index in [2.05, 4.69) is 9.97 Å². The van der Waals surface area contributed by atoms with Crippen molar-refractivity contribution in [3.63, 3.8) is 0 Å². The number of carbonyl (C=O) groups is 2. The van der Waals surface area contributed by atoms with Crippen molar-refractivity contribution in [3.05, 3.63) is 71.6 Å². The lowest BCUT2D eigenvalue weighted by Gasteiger charge is -2.27. The van der Waals surface area contributed by atoms with Crippen molar-refractivity contribution in [2.24, 2.45) is 0 Å². The quantitative estimate of drug-likeness (QED) is 0.380. The highest BCUT2D eigenvalue weighted by molar-refractivity contribution is 5.99. The van der Waals surface area contributed by atoms with E-state index in [0.717, 1.165) is 5.56 Å². The maximum absolute atomic E-state index is 13.5. The van der Waals surface area contributed by atoms with Crippen molar-refractivity contribution in [3.8, 4) is 16.9 Å². The molecule has 2 bridgehead atoms. The van der Waals surface area contributed by atoms with Gasteiger partial charge in [-0.25, -0.2) is 15.0 Å². The lowest BCUT2D eigenvalue weighted by atomic mass is 9.97. The van der Waals surface area contributed by atoms with Crippen LogP contribution in [-0.2, 0) is 10.4 Å². The summed E-state index contributed by atoms with van der Waals surface area (Å²) in [4.78, 5) is 39.8. The Balaban J connectivity index is 1.54. The zero-order valence-corrected chi connectivity index (χ0v) is 20.9. The molecule has 2 aliphatic rings. The van der Waals surface area contributed by atoms with E-state index in [0.29, 0.717) is 22.4 Å². The fourth-order valence-corrected chi connectivity index (χ4v) is 5.48. The average Bonchev–Trinajstić information content (AvgIpc) is 3.39. The molecule has 6 rings (SSSR count). The number of aliphatic carboxylic acids is 1. The van der Waals surface area contributed by atoms with Crippen LogP contribution in [0.2, 0.25) is 0 Å². The minimum atomic E-state index is -3.11. The first-order chi connectivity index (χ1) is 18.5. The topological polar surface area (TPSA) is 131 Å². The van der Waals surface area contributed by atoms with Crippen LogP contribution < -0.4 is 4.74 Å². The van der Waals surface area contributed by atoms with E-state index in [-0.39, 0.29) is 29.1 Å². The monoisotopic (exact) mass is 535 g/mol. The minimum Gasteiger partial charge on any atom is -0.480 e. The Morgan fingerprint density at radius 2 is 1.90 bits per heavy atom. The van der Waals surface area contributed by atoms with Crippen LogP contribution in [0.1, 0.15) is 59.9 Å². The van der Waals surface area contributed by atoms with Crippen molar-refractivity contribution < 1.29 is 33.3 Å². The first-order valence-corrected chi connectivity index (χ1v) is 12.2. The molecule has 39 heavy (non-hydrogen) atoms. The van der Waals surface area contributed by atoms with Crippen LogP contribution in [0.5, 0.6) is 5.75 Å². The molecule has 200 valence electrons. The van der Waals surface area contributed by atoms with Gasteiger partial charge in [0.1, 0.15) is 23.7 Å². The van der Waals surface area contributed by atoms with Gasteiger partial charge in [-0.3, -0.25) is 9.59 Å². The molecule has 4 heterocycles. The number of aliphatic hydroxyl groups is 1. The van der Waals surface area contributed by atoms with Crippen LogP contribution >= 0.6 is 0 Å². The third kappa shape index (κ3) is 4.07. The molecular formula is C27H23F2N5O5. The second kappa shape index (κ2) is 8.80. The first kappa shape index (κ1) is 24.9. The Labute approximate surface area is 220 Å². The number of benzene rings is 2. The van der Waals surface area contributed by atoms with Crippen LogP contribution in [0, 0.1) is 0 Å². The summed E-state index contributed by atoms with van der Waals surface area (Å²) in [5.74, 6) is -1.18. The lowest BCUT2D eigenvalue weighted by molar-refractivity contribution is -0.138. The Morgan fingerprint density at radius 3 is 2.56 bits per heavy atom. The van der Waals surface area contributed by atoms with Crippen molar-refractivity contribution in [1.29, 1.82) is 0 Å². The maximum Gasteiger partial charge on any atom is 0.387 e. The molecule has 4 aromatic rings. The second-order valence-electron chi connectivity index (χ2n) is 10.1. The lowest BCUT2D eigenvalue weighted by Crippen LogP contribution is -2.38. The minimum absolute atomic E-state index is 0.112. The number of fused-ring (bicyclic) bond motifs is 9. The number of amides is 1. The number of aromatic nitrogens is 4. The van der Waals surface area contributed by atoms with Gasteiger partial charge in [-0.2, -0.15) is 8.78 Å². The molecule has 2 aliphatic heterocycles. The summed E-state index contributed by atoms with van der Waals surface area (Å²) in [5, 5.41) is 19.7. The molecule has 10 nitrogen and oxygen atoms in total. The van der Waals surface area contributed by atoms with Crippen LogP contribution in [0.25, 0.3) is 22.2 Å². The second-order valence-corrected chi connectivity index (χ2v) is 10.1. The predicted molar refractivity (Wildman–Crippen MR) is 133 cm³/mol. The van der Waals surface area contributed by atoms with Crippen molar-refractivity contribution in [1.82, 2.24) is 24.4 Å². The highest BCUT2D eigenvalue weighted by Gasteiger charge is 2.46. The smallest absolute Gasteiger partial charge is 0.387 e. The number of carbonyl (C=O) groups excluding carboxylic acids is 1. The van der Waals surface area contributed by atoms with E-state index < -0.39 is 42.7 Å². The van der Waals surface area contributed by atoms with Crippen LogP contribution in [-0.4, -0.2) is 59.7 Å². The fraction of sp³-hybridized carbons (Fsp3) is 0.296. The van der Waals surface area contributed by atoms with Crippen LogP contribution in [0.4, 0.5) is 8.78 Å². The summed E-state index contributed by atoms with van der Waals surface area (Å²) in [7, 11) is 0. The molecule has 0 radical (unpaired) electrons. The third-order valence-corrected chi connectivity index (χ3v) is 7.09. The normalized spacial score (nSPS) is 18.3. The van der Waals surface area contributed by atoms with Crippen LogP contribution in [0.3, 0.4) is 0 Å². The Bertz CT molecular complexity index is 1630. The van der Waals surface area contributed by atoms with Gasteiger partial charge >= 0.3 is 12.6 Å². The van der Waals surface area contributed by atoms with Crippen molar-refractivity contribution >= 4 is 22.9 Å². The van der Waals surface area contributed by atoms with Gasteiger partial charge in [-0.1, -0.05) is 12.1 Å². The molecular weight excluding hydrogens is 512 g/mol. The van der Waals surface area contributed by atoms with Gasteiger partial charge in [-0.15, -0.1) is 0 Å². The number of rotatable bonds is 6. The standard InChI is InChI=1S/C27H23F2N5O5/c1-27(2,38)25-30-10-14(11-31-25)13-6-7-16-17(8-13)34-18-9-19(23(34)32-16)33(12-21(35)36)24(37)15-4-3-5-20(22(15)18)39-26(28)29/h3-8,10-11,18-19,26,38H,9,12H2,1-2H3,(H,35,36)/t18-,19-/m1/s1. The molecule has 2 N–H and O–H groups in total. The highest BCUT2D eigenvalue weighted by atomic mass is 19.3. The van der Waals surface area contributed by atoms with Gasteiger partial charge in [0.2, 0.25) is 0 Å². The predicted octanol–water partition coefficient (Wildman–Crippen LogP) is 3.90. The van der Waals surface area contributed by atoms with E-state index >= 15 is 0 Å². The molecule has 0 unspecified atom stereocenters. The average molecular weight is 536 g/mol. The van der Waals surface area contributed by atoms with E-state index in [1.54, 1.807) is 32.3 Å². The summed E-state index contributed by atoms with van der Waals surface area (Å²) < 4.78 is 33.4. The number of ether oxygens (including phenoxy) is 1. The molecule has 0 aliphatic carbocycles. The zero-order valence-electron chi connectivity index (χ0n) is 20.9. The van der Waals surface area contributed by atoms with E-state index in [1.807, 2.05) is 16.7 Å². The summed E-state index contributed by atoms with van der Waals surface area (Å²) in [6.07, 6.45) is 3.45. The molecule has 2 aromatic heterocycles. The molecule has 12 heteroatoms. The fourth-order valence-electron chi connectivity index (χ4n) is 5.48. The van der Waals surface area contributed by atoms with Crippen molar-refractivity contribution in [2.75, 3.05) is 6.54 Å². The number of carboxylic acid groups (broad SMARTS) is 1. The third-order valence-electron chi connectivity index (χ3n) is 7.09. The number of nitrogens with zero attached hydrogens (tertiary/aromatic N) is 5. The Hall–Kier alpha value is -4.45. The number of hydrogen-bond donors (Lipinski definition) is 2. The van der Waals surface area contributed by atoms with Gasteiger partial charge in [0, 0.05) is 35.5 Å². The zero-order chi connectivity index (χ0) is 27.6. The number of imidazole rings is 1. The van der Waals surface area contributed by atoms with Gasteiger partial charge in [0.05, 0.1) is 23.1 Å². The van der Waals surface area contributed by atoms with E-state index in [9.17, 15) is 28.6 Å². The maximum atomic E-state index is 13.5. The summed E-state index contributed by atoms with van der Waals surface area (Å²) in [5.41, 5.74) is 1.88. The van der Waals surface area contributed by atoms with Crippen molar-refractivity contribution in [2.45, 2.75) is 44.6 Å². The van der Waals surface area contributed by atoms with E-state index in [4.69, 9.17) is 9.72 Å². The summed E-state index contributed by atoms with van der Waals surface area (Å²) in [6, 6.07) is 8.51. The van der Waals surface area contributed by atoms with Crippen LogP contribution in [0.15, 0.2) is 48.8 Å². The number of alkyl halides is 2. The molecule has 0 fully saturated rings. The SMILES string of the molecule is CC(C)(O)c1ncc(-c2ccc3nc4n(c3c2)[C@@H]2C[C@H]4N(CC(=O)O)C(=O)c3cccc(OC(F)F)c32)cn1. The van der Waals surface area contributed by atoms with Gasteiger partial charge in [-0.05, 0) is 43.7 Å². The van der Waals surface area contributed by atoms with Gasteiger partial charge in [0.25, 0.3) is 5.91 Å². The number of carboxylic acids is 1. The first-order valence-electron chi connectivity index (χ1n) is 12.2. The highest BCUT2D eigenvalue weighted by Crippen LogP contribution is 2.50. The largest absolute Gasteiger partial charge is 0.480 e. The van der Waals surface area contributed by atoms with Gasteiger partial charge < -0.3 is 24.4 Å². The molecule has 2 aromatic carbocycles.